The number of hydrogen-bond donors (Lipinski definition) is 1. The van der Waals surface area contributed by atoms with Crippen molar-refractivity contribution in [3.63, 3.8) is 0 Å². The second-order valence-electron chi connectivity index (χ2n) is 6.57. The smallest absolute Gasteiger partial charge is 0.276 e. The molecule has 0 saturated carbocycles. The lowest BCUT2D eigenvalue weighted by Crippen LogP contribution is -2.47. The highest BCUT2D eigenvalue weighted by Crippen LogP contribution is 2.17. The molecule has 0 radical (unpaired) electrons. The number of carbonyl (C=O) groups is 1. The van der Waals surface area contributed by atoms with Crippen LogP contribution in [0, 0.1) is 6.92 Å². The molecule has 28 heavy (non-hydrogen) atoms. The van der Waals surface area contributed by atoms with Gasteiger partial charge in [-0.25, -0.2) is 9.97 Å². The first-order valence-corrected chi connectivity index (χ1v) is 9.18. The summed E-state index contributed by atoms with van der Waals surface area (Å²) in [5.74, 6) is 1.25. The predicted molar refractivity (Wildman–Crippen MR) is 108 cm³/mol. The lowest BCUT2D eigenvalue weighted by Gasteiger charge is -2.35. The Balaban J connectivity index is 1.37. The molecule has 0 aliphatic carbocycles. The number of para-hydroxylation sites is 1. The Kier molecular flexibility index (Phi) is 5.09. The summed E-state index contributed by atoms with van der Waals surface area (Å²) >= 11 is 0. The number of nitrogens with one attached hydrogen (secondary N) is 1. The molecule has 1 aliphatic rings. The van der Waals surface area contributed by atoms with Crippen molar-refractivity contribution in [1.29, 1.82) is 0 Å². The van der Waals surface area contributed by atoms with E-state index in [1.165, 1.54) is 0 Å². The minimum atomic E-state index is -0.264. The Morgan fingerprint density at radius 3 is 2.29 bits per heavy atom. The second-order valence-corrected chi connectivity index (χ2v) is 6.57. The van der Waals surface area contributed by atoms with E-state index in [1.54, 1.807) is 18.5 Å². The Bertz CT molecular complexity index is 938. The van der Waals surface area contributed by atoms with E-state index in [0.717, 1.165) is 49.2 Å². The number of aromatic nitrogens is 4. The van der Waals surface area contributed by atoms with Crippen LogP contribution in [-0.2, 0) is 0 Å². The van der Waals surface area contributed by atoms with E-state index in [4.69, 9.17) is 0 Å². The molecule has 8 heteroatoms. The Morgan fingerprint density at radius 1 is 0.893 bits per heavy atom. The zero-order chi connectivity index (χ0) is 19.3. The van der Waals surface area contributed by atoms with Crippen LogP contribution in [-0.4, -0.2) is 52.3 Å². The van der Waals surface area contributed by atoms with E-state index in [9.17, 15) is 4.79 Å². The molecule has 3 aromatic rings. The average molecular weight is 375 g/mol. The molecule has 4 rings (SSSR count). The van der Waals surface area contributed by atoms with E-state index in [2.05, 4.69) is 35.3 Å². The van der Waals surface area contributed by atoms with E-state index in [0.29, 0.717) is 5.69 Å². The molecule has 142 valence electrons. The van der Waals surface area contributed by atoms with Gasteiger partial charge in [0, 0.05) is 44.3 Å². The second kappa shape index (κ2) is 7.99. The van der Waals surface area contributed by atoms with Crippen LogP contribution in [0.2, 0.25) is 0 Å². The molecule has 8 nitrogen and oxygen atoms in total. The first kappa shape index (κ1) is 17.8. The van der Waals surface area contributed by atoms with Gasteiger partial charge in [-0.2, -0.15) is 0 Å². The summed E-state index contributed by atoms with van der Waals surface area (Å²) in [4.78, 5) is 25.3. The van der Waals surface area contributed by atoms with Crippen LogP contribution in [0.1, 0.15) is 16.1 Å². The number of nitrogens with zero attached hydrogens (tertiary/aromatic N) is 6. The number of carbonyl (C=O) groups excluding carboxylic acids is 1. The molecule has 2 aromatic heterocycles. The molecule has 1 saturated heterocycles. The third kappa shape index (κ3) is 3.90. The minimum Gasteiger partial charge on any atom is -0.352 e. The fourth-order valence-corrected chi connectivity index (χ4v) is 3.10. The average Bonchev–Trinajstić information content (AvgIpc) is 2.76. The van der Waals surface area contributed by atoms with Gasteiger partial charge in [0.25, 0.3) is 5.91 Å². The Morgan fingerprint density at radius 2 is 1.61 bits per heavy atom. The van der Waals surface area contributed by atoms with Crippen molar-refractivity contribution in [2.24, 2.45) is 0 Å². The summed E-state index contributed by atoms with van der Waals surface area (Å²) in [6.07, 6.45) is 3.50. The standard InChI is InChI=1S/C20H21N7O/c1-15-5-2-3-6-16(15)23-19(28)17-7-8-18(25-24-17)26-11-13-27(14-12-26)20-21-9-4-10-22-20/h2-10H,11-14H2,1H3,(H,23,28). The first-order chi connectivity index (χ1) is 13.7. The van der Waals surface area contributed by atoms with Crippen molar-refractivity contribution in [3.8, 4) is 0 Å². The summed E-state index contributed by atoms with van der Waals surface area (Å²) in [7, 11) is 0. The molecular formula is C20H21N7O. The van der Waals surface area contributed by atoms with Crippen LogP contribution < -0.4 is 15.1 Å². The maximum absolute atomic E-state index is 12.4. The van der Waals surface area contributed by atoms with Crippen molar-refractivity contribution in [2.45, 2.75) is 6.92 Å². The number of amides is 1. The van der Waals surface area contributed by atoms with Gasteiger partial charge >= 0.3 is 0 Å². The van der Waals surface area contributed by atoms with Crippen molar-refractivity contribution < 1.29 is 4.79 Å². The highest BCUT2D eigenvalue weighted by molar-refractivity contribution is 6.03. The van der Waals surface area contributed by atoms with Crippen LogP contribution in [0.15, 0.2) is 54.9 Å². The summed E-state index contributed by atoms with van der Waals surface area (Å²) in [5, 5.41) is 11.2. The van der Waals surface area contributed by atoms with Crippen molar-refractivity contribution in [1.82, 2.24) is 20.2 Å². The molecule has 0 bridgehead atoms. The van der Waals surface area contributed by atoms with E-state index in [-0.39, 0.29) is 5.91 Å². The topological polar surface area (TPSA) is 87.1 Å². The summed E-state index contributed by atoms with van der Waals surface area (Å²) < 4.78 is 0. The molecule has 1 amide bonds. The molecular weight excluding hydrogens is 354 g/mol. The van der Waals surface area contributed by atoms with Crippen LogP contribution in [0.4, 0.5) is 17.5 Å². The fraction of sp³-hybridized carbons (Fsp3) is 0.250. The normalized spacial score (nSPS) is 14.0. The van der Waals surface area contributed by atoms with E-state index in [1.807, 2.05) is 43.3 Å². The summed E-state index contributed by atoms with van der Waals surface area (Å²) in [6, 6.07) is 13.0. The van der Waals surface area contributed by atoms with Crippen LogP contribution in [0.3, 0.4) is 0 Å². The van der Waals surface area contributed by atoms with Gasteiger partial charge in [-0.3, -0.25) is 4.79 Å². The number of aryl methyl sites for hydroxylation is 1. The maximum atomic E-state index is 12.4. The summed E-state index contributed by atoms with van der Waals surface area (Å²) in [6.45, 7) is 5.15. The molecule has 0 spiro atoms. The number of hydrogen-bond acceptors (Lipinski definition) is 7. The third-order valence-electron chi connectivity index (χ3n) is 4.72. The van der Waals surface area contributed by atoms with Crippen LogP contribution in [0.5, 0.6) is 0 Å². The molecule has 0 atom stereocenters. The van der Waals surface area contributed by atoms with Crippen molar-refractivity contribution >= 4 is 23.4 Å². The largest absolute Gasteiger partial charge is 0.352 e. The number of rotatable bonds is 4. The van der Waals surface area contributed by atoms with Gasteiger partial charge in [-0.1, -0.05) is 18.2 Å². The van der Waals surface area contributed by atoms with Crippen LogP contribution >= 0.6 is 0 Å². The summed E-state index contributed by atoms with van der Waals surface area (Å²) in [5.41, 5.74) is 2.07. The monoisotopic (exact) mass is 375 g/mol. The lowest BCUT2D eigenvalue weighted by molar-refractivity contribution is 0.102. The molecule has 1 aliphatic heterocycles. The zero-order valence-corrected chi connectivity index (χ0v) is 15.6. The maximum Gasteiger partial charge on any atom is 0.276 e. The Labute approximate surface area is 163 Å². The SMILES string of the molecule is Cc1ccccc1NC(=O)c1ccc(N2CCN(c3ncccn3)CC2)nn1. The number of anilines is 3. The van der Waals surface area contributed by atoms with Gasteiger partial charge in [0.05, 0.1) is 0 Å². The minimum absolute atomic E-state index is 0.264. The molecule has 3 heterocycles. The lowest BCUT2D eigenvalue weighted by atomic mass is 10.2. The van der Waals surface area contributed by atoms with Crippen molar-refractivity contribution in [2.75, 3.05) is 41.3 Å². The quantitative estimate of drug-likeness (QED) is 0.748. The predicted octanol–water partition coefficient (Wildman–Crippen LogP) is 2.15. The van der Waals surface area contributed by atoms with Gasteiger partial charge in [0.2, 0.25) is 5.95 Å². The molecule has 1 aromatic carbocycles. The van der Waals surface area contributed by atoms with Crippen LogP contribution in [0.25, 0.3) is 0 Å². The number of benzene rings is 1. The molecule has 1 fully saturated rings. The highest BCUT2D eigenvalue weighted by Gasteiger charge is 2.20. The molecule has 1 N–H and O–H groups in total. The van der Waals surface area contributed by atoms with Gasteiger partial charge in [-0.15, -0.1) is 10.2 Å². The molecule has 0 unspecified atom stereocenters. The van der Waals surface area contributed by atoms with Gasteiger partial charge in [-0.05, 0) is 36.8 Å². The first-order valence-electron chi connectivity index (χ1n) is 9.18. The van der Waals surface area contributed by atoms with Gasteiger partial charge < -0.3 is 15.1 Å². The number of piperazine rings is 1. The van der Waals surface area contributed by atoms with Crippen molar-refractivity contribution in [3.05, 3.63) is 66.1 Å². The zero-order valence-electron chi connectivity index (χ0n) is 15.6. The van der Waals surface area contributed by atoms with E-state index >= 15 is 0 Å². The van der Waals surface area contributed by atoms with Gasteiger partial charge in [0.15, 0.2) is 11.5 Å². The Hall–Kier alpha value is -3.55. The highest BCUT2D eigenvalue weighted by atomic mass is 16.1. The van der Waals surface area contributed by atoms with E-state index < -0.39 is 0 Å². The van der Waals surface area contributed by atoms with Gasteiger partial charge in [0.1, 0.15) is 0 Å². The third-order valence-corrected chi connectivity index (χ3v) is 4.72. The fourth-order valence-electron chi connectivity index (χ4n) is 3.10.